The molecule has 8 nitrogen and oxygen atoms in total. The molecule has 30 heavy (non-hydrogen) atoms. The minimum Gasteiger partial charge on any atom is -0.393 e. The Balaban J connectivity index is 1.90. The topological polar surface area (TPSA) is 99.9 Å². The van der Waals surface area contributed by atoms with Crippen LogP contribution in [0.2, 0.25) is 0 Å². The van der Waals surface area contributed by atoms with Gasteiger partial charge in [0.1, 0.15) is 6.04 Å². The summed E-state index contributed by atoms with van der Waals surface area (Å²) in [5.74, 6) is 0.663. The van der Waals surface area contributed by atoms with Gasteiger partial charge in [-0.1, -0.05) is 25.1 Å². The fraction of sp³-hybridized carbons (Fsp3) is 0.545. The van der Waals surface area contributed by atoms with E-state index in [1.165, 1.54) is 0 Å². The van der Waals surface area contributed by atoms with Gasteiger partial charge in [-0.2, -0.15) is 0 Å². The lowest BCUT2D eigenvalue weighted by atomic mass is 9.97. The number of aliphatic hydroxyl groups excluding tert-OH is 1. The highest BCUT2D eigenvalue weighted by Gasteiger charge is 2.35. The first-order chi connectivity index (χ1) is 14.3. The molecular formula is C22H30N6O2. The number of H-pyrrole nitrogens is 1. The van der Waals surface area contributed by atoms with E-state index in [9.17, 15) is 9.90 Å². The Morgan fingerprint density at radius 1 is 1.30 bits per heavy atom. The van der Waals surface area contributed by atoms with Crippen LogP contribution in [-0.4, -0.2) is 54.4 Å². The monoisotopic (exact) mass is 410 g/mol. The predicted octanol–water partition coefficient (Wildman–Crippen LogP) is 2.51. The number of hydrogen-bond acceptors (Lipinski definition) is 6. The van der Waals surface area contributed by atoms with Gasteiger partial charge in [-0.25, -0.2) is 4.68 Å². The normalized spacial score (nSPS) is 17.5. The lowest BCUT2D eigenvalue weighted by Gasteiger charge is -2.36. The number of aliphatic hydroxyl groups is 1. The second kappa shape index (κ2) is 7.92. The number of fused-ring (bicyclic) bond motifs is 1. The summed E-state index contributed by atoms with van der Waals surface area (Å²) in [5.41, 5.74) is 2.11. The predicted molar refractivity (Wildman–Crippen MR) is 115 cm³/mol. The average molecular weight is 411 g/mol. The number of aromatic amines is 1. The number of aryl methyl sites for hydroxylation is 1. The molecule has 0 unspecified atom stereocenters. The number of para-hydroxylation sites is 1. The van der Waals surface area contributed by atoms with E-state index in [2.05, 4.69) is 46.2 Å². The molecule has 1 saturated heterocycles. The van der Waals surface area contributed by atoms with Crippen molar-refractivity contribution in [1.82, 2.24) is 30.1 Å². The zero-order valence-corrected chi connectivity index (χ0v) is 18.1. The standard InChI is InChI=1S/C22H30N6O2/c1-5-22(3,4)28-20(24-25-26-28)19(27-11-9-16(29)10-12-27)17-13-15-8-6-7-14(2)18(15)23-21(17)30/h6-8,13,16,19,29H,5,9-12H2,1-4H3,(H,23,30)/t19-/m0/s1. The summed E-state index contributed by atoms with van der Waals surface area (Å²) in [7, 11) is 0. The number of hydrogen-bond donors (Lipinski definition) is 2. The maximum Gasteiger partial charge on any atom is 0.253 e. The molecule has 0 bridgehead atoms. The van der Waals surface area contributed by atoms with Crippen LogP contribution in [0.25, 0.3) is 10.9 Å². The fourth-order valence-corrected chi connectivity index (χ4v) is 4.19. The highest BCUT2D eigenvalue weighted by Crippen LogP contribution is 2.32. The zero-order chi connectivity index (χ0) is 21.5. The van der Waals surface area contributed by atoms with Crippen LogP contribution in [0.3, 0.4) is 0 Å². The van der Waals surface area contributed by atoms with Gasteiger partial charge in [0, 0.05) is 18.7 Å². The molecule has 1 atom stereocenters. The van der Waals surface area contributed by atoms with E-state index in [4.69, 9.17) is 0 Å². The Kier molecular flexibility index (Phi) is 5.46. The van der Waals surface area contributed by atoms with E-state index in [0.29, 0.717) is 37.3 Å². The van der Waals surface area contributed by atoms with Crippen molar-refractivity contribution in [3.05, 3.63) is 51.6 Å². The number of benzene rings is 1. The average Bonchev–Trinajstić information content (AvgIpc) is 3.21. The second-order valence-corrected chi connectivity index (χ2v) is 8.88. The molecule has 8 heteroatoms. The SMILES string of the molecule is CCC(C)(C)n1nnnc1[C@H](c1cc2cccc(C)c2[nH]c1=O)N1CCC(O)CC1. The second-order valence-electron chi connectivity index (χ2n) is 8.88. The molecule has 0 amide bonds. The van der Waals surface area contributed by atoms with Crippen LogP contribution in [0.1, 0.15) is 63.0 Å². The molecule has 3 aromatic rings. The van der Waals surface area contributed by atoms with Crippen LogP contribution in [0.15, 0.2) is 29.1 Å². The zero-order valence-electron chi connectivity index (χ0n) is 18.1. The molecule has 3 heterocycles. The van der Waals surface area contributed by atoms with Crippen LogP contribution in [-0.2, 0) is 5.54 Å². The van der Waals surface area contributed by atoms with Crippen molar-refractivity contribution in [2.24, 2.45) is 0 Å². The number of aromatic nitrogens is 5. The molecule has 1 fully saturated rings. The van der Waals surface area contributed by atoms with E-state index in [1.807, 2.05) is 35.9 Å². The van der Waals surface area contributed by atoms with Gasteiger partial charge >= 0.3 is 0 Å². The third-order valence-corrected chi connectivity index (χ3v) is 6.45. The summed E-state index contributed by atoms with van der Waals surface area (Å²) in [6.07, 6.45) is 1.88. The molecule has 1 aliphatic rings. The van der Waals surface area contributed by atoms with Crippen LogP contribution < -0.4 is 5.56 Å². The molecular weight excluding hydrogens is 380 g/mol. The molecule has 0 aliphatic carbocycles. The Bertz CT molecular complexity index is 1090. The molecule has 0 spiro atoms. The lowest BCUT2D eigenvalue weighted by Crippen LogP contribution is -2.43. The number of piperidine rings is 1. The number of tetrazole rings is 1. The maximum absolute atomic E-state index is 13.3. The molecule has 0 radical (unpaired) electrons. The molecule has 160 valence electrons. The van der Waals surface area contributed by atoms with Gasteiger partial charge in [0.15, 0.2) is 5.82 Å². The van der Waals surface area contributed by atoms with Gasteiger partial charge in [0.25, 0.3) is 5.56 Å². The van der Waals surface area contributed by atoms with E-state index in [0.717, 1.165) is 22.9 Å². The van der Waals surface area contributed by atoms with Gasteiger partial charge in [-0.05, 0) is 67.5 Å². The third kappa shape index (κ3) is 3.65. The van der Waals surface area contributed by atoms with E-state index >= 15 is 0 Å². The minimum absolute atomic E-state index is 0.128. The molecule has 1 aromatic carbocycles. The first-order valence-corrected chi connectivity index (χ1v) is 10.6. The van der Waals surface area contributed by atoms with Gasteiger partial charge in [0.05, 0.1) is 17.2 Å². The van der Waals surface area contributed by atoms with Crippen molar-refractivity contribution >= 4 is 10.9 Å². The number of nitrogens with zero attached hydrogens (tertiary/aromatic N) is 5. The molecule has 2 aromatic heterocycles. The van der Waals surface area contributed by atoms with Crippen molar-refractivity contribution in [3.63, 3.8) is 0 Å². The number of pyridine rings is 1. The highest BCUT2D eigenvalue weighted by molar-refractivity contribution is 5.82. The van der Waals surface area contributed by atoms with Crippen LogP contribution in [0.4, 0.5) is 0 Å². The number of rotatable bonds is 5. The first kappa shape index (κ1) is 20.7. The number of nitrogens with one attached hydrogen (secondary N) is 1. The van der Waals surface area contributed by atoms with Crippen molar-refractivity contribution < 1.29 is 5.11 Å². The summed E-state index contributed by atoms with van der Waals surface area (Å²) >= 11 is 0. The summed E-state index contributed by atoms with van der Waals surface area (Å²) in [4.78, 5) is 18.5. The summed E-state index contributed by atoms with van der Waals surface area (Å²) < 4.78 is 1.85. The van der Waals surface area contributed by atoms with Gasteiger partial charge < -0.3 is 10.1 Å². The molecule has 2 N–H and O–H groups in total. The van der Waals surface area contributed by atoms with Crippen LogP contribution >= 0.6 is 0 Å². The smallest absolute Gasteiger partial charge is 0.253 e. The first-order valence-electron chi connectivity index (χ1n) is 10.6. The van der Waals surface area contributed by atoms with Crippen LogP contribution in [0, 0.1) is 6.92 Å². The van der Waals surface area contributed by atoms with Crippen molar-refractivity contribution in [2.45, 2.75) is 64.6 Å². The van der Waals surface area contributed by atoms with E-state index in [1.54, 1.807) is 0 Å². The summed E-state index contributed by atoms with van der Waals surface area (Å²) in [5, 5.41) is 23.7. The Morgan fingerprint density at radius 2 is 2.03 bits per heavy atom. The molecule has 4 rings (SSSR count). The Morgan fingerprint density at radius 3 is 2.73 bits per heavy atom. The maximum atomic E-state index is 13.3. The summed E-state index contributed by atoms with van der Waals surface area (Å²) in [6, 6.07) is 7.58. The fourth-order valence-electron chi connectivity index (χ4n) is 4.19. The van der Waals surface area contributed by atoms with E-state index < -0.39 is 0 Å². The van der Waals surface area contributed by atoms with Gasteiger partial charge in [-0.15, -0.1) is 5.10 Å². The molecule has 1 aliphatic heterocycles. The quantitative estimate of drug-likeness (QED) is 0.670. The third-order valence-electron chi connectivity index (χ3n) is 6.45. The van der Waals surface area contributed by atoms with E-state index in [-0.39, 0.29) is 23.2 Å². The van der Waals surface area contributed by atoms with Crippen molar-refractivity contribution in [3.8, 4) is 0 Å². The molecule has 0 saturated carbocycles. The van der Waals surface area contributed by atoms with Crippen LogP contribution in [0.5, 0.6) is 0 Å². The van der Waals surface area contributed by atoms with Crippen molar-refractivity contribution in [1.29, 1.82) is 0 Å². The minimum atomic E-state index is -0.382. The van der Waals surface area contributed by atoms with Gasteiger partial charge in [-0.3, -0.25) is 9.69 Å². The lowest BCUT2D eigenvalue weighted by molar-refractivity contribution is 0.0644. The highest BCUT2D eigenvalue weighted by atomic mass is 16.3. The Hall–Kier alpha value is -2.58. The van der Waals surface area contributed by atoms with Crippen molar-refractivity contribution in [2.75, 3.05) is 13.1 Å². The summed E-state index contributed by atoms with van der Waals surface area (Å²) in [6.45, 7) is 9.64. The Labute approximate surface area is 175 Å². The number of likely N-dealkylation sites (tertiary alicyclic amines) is 1. The largest absolute Gasteiger partial charge is 0.393 e. The van der Waals surface area contributed by atoms with Gasteiger partial charge in [0.2, 0.25) is 0 Å².